The van der Waals surface area contributed by atoms with Crippen LogP contribution in [0.5, 0.6) is 0 Å². The average molecular weight is 244 g/mol. The van der Waals surface area contributed by atoms with Crippen LogP contribution in [-0.4, -0.2) is 13.1 Å². The summed E-state index contributed by atoms with van der Waals surface area (Å²) < 4.78 is 4.88. The molecule has 0 amide bonds. The molecule has 1 aromatic carbocycles. The molecule has 0 spiro atoms. The predicted molar refractivity (Wildman–Crippen MR) is 72.7 cm³/mol. The minimum atomic E-state index is -0.183. The highest BCUT2D eigenvalue weighted by atomic mass is 16.5. The molecular weight excluding hydrogens is 224 g/mol. The molecule has 1 aliphatic carbocycles. The van der Waals surface area contributed by atoms with E-state index in [0.717, 1.165) is 18.4 Å². The largest absolute Gasteiger partial charge is 0.466 e. The Morgan fingerprint density at radius 1 is 1.22 bits per heavy atom. The zero-order chi connectivity index (χ0) is 13.3. The van der Waals surface area contributed by atoms with Crippen molar-refractivity contribution >= 4 is 5.97 Å². The van der Waals surface area contributed by atoms with Gasteiger partial charge in [0, 0.05) is 11.5 Å². The van der Waals surface area contributed by atoms with Crippen LogP contribution in [0.2, 0.25) is 0 Å². The van der Waals surface area contributed by atoms with E-state index in [2.05, 4.69) is 32.9 Å². The van der Waals surface area contributed by atoms with Gasteiger partial charge in [-0.2, -0.15) is 0 Å². The highest BCUT2D eigenvalue weighted by Crippen LogP contribution is 2.39. The van der Waals surface area contributed by atoms with Gasteiger partial charge in [0.05, 0.1) is 7.11 Å². The van der Waals surface area contributed by atoms with Gasteiger partial charge in [0.15, 0.2) is 0 Å². The third-order valence-electron chi connectivity index (χ3n) is 3.70. The van der Waals surface area contributed by atoms with Gasteiger partial charge in [-0.15, -0.1) is 0 Å². The van der Waals surface area contributed by atoms with Crippen LogP contribution in [0.25, 0.3) is 0 Å². The zero-order valence-corrected chi connectivity index (χ0v) is 11.5. The van der Waals surface area contributed by atoms with E-state index < -0.39 is 0 Å². The number of allylic oxidation sites excluding steroid dienone is 1. The fourth-order valence-corrected chi connectivity index (χ4v) is 3.09. The second-order valence-corrected chi connectivity index (χ2v) is 5.09. The fraction of sp³-hybridized carbons (Fsp3) is 0.438. The van der Waals surface area contributed by atoms with Crippen LogP contribution in [0, 0.1) is 20.8 Å². The van der Waals surface area contributed by atoms with Crippen LogP contribution >= 0.6 is 0 Å². The third kappa shape index (κ3) is 2.20. The van der Waals surface area contributed by atoms with E-state index in [1.165, 1.54) is 29.4 Å². The molecule has 18 heavy (non-hydrogen) atoms. The number of methoxy groups -OCH3 is 1. The lowest BCUT2D eigenvalue weighted by Gasteiger charge is -2.19. The number of esters is 1. The quantitative estimate of drug-likeness (QED) is 0.743. The molecule has 0 unspecified atom stereocenters. The Labute approximate surface area is 109 Å². The monoisotopic (exact) mass is 244 g/mol. The Hall–Kier alpha value is -1.57. The van der Waals surface area contributed by atoms with Gasteiger partial charge in [-0.25, -0.2) is 4.79 Å². The molecule has 0 radical (unpaired) electrons. The van der Waals surface area contributed by atoms with E-state index in [4.69, 9.17) is 4.74 Å². The Morgan fingerprint density at radius 2 is 1.83 bits per heavy atom. The molecule has 0 aliphatic heterocycles. The summed E-state index contributed by atoms with van der Waals surface area (Å²) in [6, 6.07) is 4.38. The Bertz CT molecular complexity index is 489. The molecule has 1 aliphatic rings. The van der Waals surface area contributed by atoms with E-state index >= 15 is 0 Å². The number of carbonyl (C=O) groups is 1. The van der Waals surface area contributed by atoms with Gasteiger partial charge >= 0.3 is 5.97 Å². The minimum Gasteiger partial charge on any atom is -0.466 e. The maximum absolute atomic E-state index is 11.8. The average Bonchev–Trinajstić information content (AvgIpc) is 2.75. The molecule has 2 nitrogen and oxygen atoms in total. The topological polar surface area (TPSA) is 26.3 Å². The molecule has 0 fully saturated rings. The van der Waals surface area contributed by atoms with Gasteiger partial charge in [-0.3, -0.25) is 0 Å². The van der Waals surface area contributed by atoms with Crippen LogP contribution in [-0.2, 0) is 9.53 Å². The Balaban J connectivity index is 2.44. The maximum atomic E-state index is 11.8. The molecule has 1 atom stereocenters. The number of benzene rings is 1. The molecule has 1 aromatic rings. The summed E-state index contributed by atoms with van der Waals surface area (Å²) in [6.45, 7) is 6.36. The highest BCUT2D eigenvalue weighted by molar-refractivity contribution is 5.91. The van der Waals surface area contributed by atoms with E-state index in [1.807, 2.05) is 6.08 Å². The molecule has 2 rings (SSSR count). The first-order valence-corrected chi connectivity index (χ1v) is 6.40. The summed E-state index contributed by atoms with van der Waals surface area (Å²) in [5, 5.41) is 0. The first-order valence-electron chi connectivity index (χ1n) is 6.40. The van der Waals surface area contributed by atoms with Crippen LogP contribution < -0.4 is 0 Å². The van der Waals surface area contributed by atoms with Gasteiger partial charge < -0.3 is 4.74 Å². The van der Waals surface area contributed by atoms with Crippen molar-refractivity contribution in [2.45, 2.75) is 39.5 Å². The summed E-state index contributed by atoms with van der Waals surface area (Å²) >= 11 is 0. The smallest absolute Gasteiger partial charge is 0.334 e. The van der Waals surface area contributed by atoms with Crippen molar-refractivity contribution in [3.63, 3.8) is 0 Å². The predicted octanol–water partition coefficient (Wildman–Crippen LogP) is 3.59. The SMILES string of the molecule is COC(=O)C1=CCC[C@@H]1c1c(C)cc(C)cc1C. The highest BCUT2D eigenvalue weighted by Gasteiger charge is 2.29. The summed E-state index contributed by atoms with van der Waals surface area (Å²) in [5.74, 6) is 0.0231. The third-order valence-corrected chi connectivity index (χ3v) is 3.70. The lowest BCUT2D eigenvalue weighted by Crippen LogP contribution is -2.12. The van der Waals surface area contributed by atoms with Crippen LogP contribution in [0.1, 0.15) is 41.0 Å². The molecule has 0 bridgehead atoms. The molecule has 0 saturated carbocycles. The van der Waals surface area contributed by atoms with Crippen LogP contribution in [0.4, 0.5) is 0 Å². The van der Waals surface area contributed by atoms with Crippen molar-refractivity contribution in [1.82, 2.24) is 0 Å². The van der Waals surface area contributed by atoms with Crippen molar-refractivity contribution in [2.24, 2.45) is 0 Å². The Kier molecular flexibility index (Phi) is 3.55. The lowest BCUT2D eigenvalue weighted by molar-refractivity contribution is -0.136. The van der Waals surface area contributed by atoms with Gasteiger partial charge in [0.1, 0.15) is 0 Å². The standard InChI is InChI=1S/C16H20O2/c1-10-8-11(2)15(12(3)9-10)13-6-5-7-14(13)16(17)18-4/h7-9,13H,5-6H2,1-4H3/t13-/m0/s1. The molecule has 96 valence electrons. The molecule has 0 heterocycles. The minimum absolute atomic E-state index is 0.183. The van der Waals surface area contributed by atoms with E-state index in [9.17, 15) is 4.79 Å². The van der Waals surface area contributed by atoms with Crippen molar-refractivity contribution in [1.29, 1.82) is 0 Å². The molecule has 0 N–H and O–H groups in total. The fourth-order valence-electron chi connectivity index (χ4n) is 3.09. The molecule has 2 heteroatoms. The number of hydrogen-bond acceptors (Lipinski definition) is 2. The normalized spacial score (nSPS) is 18.7. The van der Waals surface area contributed by atoms with Crippen molar-refractivity contribution in [3.8, 4) is 0 Å². The van der Waals surface area contributed by atoms with Gasteiger partial charge in [-0.05, 0) is 50.3 Å². The number of rotatable bonds is 2. The van der Waals surface area contributed by atoms with Crippen LogP contribution in [0.3, 0.4) is 0 Å². The molecule has 0 saturated heterocycles. The number of ether oxygens (including phenoxy) is 1. The van der Waals surface area contributed by atoms with Crippen molar-refractivity contribution in [2.75, 3.05) is 7.11 Å². The van der Waals surface area contributed by atoms with E-state index in [0.29, 0.717) is 0 Å². The molecular formula is C16H20O2. The van der Waals surface area contributed by atoms with E-state index in [1.54, 1.807) is 0 Å². The number of hydrogen-bond donors (Lipinski definition) is 0. The van der Waals surface area contributed by atoms with Crippen molar-refractivity contribution in [3.05, 3.63) is 46.0 Å². The summed E-state index contributed by atoms with van der Waals surface area (Å²) in [4.78, 5) is 11.8. The van der Waals surface area contributed by atoms with Crippen LogP contribution in [0.15, 0.2) is 23.8 Å². The molecule has 0 aromatic heterocycles. The second kappa shape index (κ2) is 4.97. The summed E-state index contributed by atoms with van der Waals surface area (Å²) in [6.07, 6.45) is 3.99. The van der Waals surface area contributed by atoms with Crippen molar-refractivity contribution < 1.29 is 9.53 Å². The van der Waals surface area contributed by atoms with Gasteiger partial charge in [0.25, 0.3) is 0 Å². The van der Waals surface area contributed by atoms with E-state index in [-0.39, 0.29) is 11.9 Å². The van der Waals surface area contributed by atoms with Gasteiger partial charge in [-0.1, -0.05) is 23.8 Å². The summed E-state index contributed by atoms with van der Waals surface area (Å²) in [5.41, 5.74) is 5.95. The second-order valence-electron chi connectivity index (χ2n) is 5.09. The first-order chi connectivity index (χ1) is 8.54. The lowest BCUT2D eigenvalue weighted by atomic mass is 9.85. The zero-order valence-electron chi connectivity index (χ0n) is 11.5. The maximum Gasteiger partial charge on any atom is 0.334 e. The summed E-state index contributed by atoms with van der Waals surface area (Å²) in [7, 11) is 1.45. The number of aryl methyl sites for hydroxylation is 3. The Morgan fingerprint density at radius 3 is 2.39 bits per heavy atom. The number of carbonyl (C=O) groups excluding carboxylic acids is 1. The van der Waals surface area contributed by atoms with Gasteiger partial charge in [0.2, 0.25) is 0 Å². The first kappa shape index (κ1) is 12.9.